The quantitative estimate of drug-likeness (QED) is 0.169. The topological polar surface area (TPSA) is 0 Å². The van der Waals surface area contributed by atoms with E-state index in [9.17, 15) is 0 Å². The van der Waals surface area contributed by atoms with Crippen LogP contribution in [0.2, 0.25) is 0 Å². The van der Waals surface area contributed by atoms with Gasteiger partial charge in [-0.1, -0.05) is 88.3 Å². The number of benzene rings is 2. The van der Waals surface area contributed by atoms with Crippen LogP contribution in [-0.4, -0.2) is 0 Å². The van der Waals surface area contributed by atoms with Gasteiger partial charge in [0.05, 0.1) is 4.88 Å². The molecule has 0 N–H and O–H groups in total. The molecule has 2 heteroatoms. The standard InChI is InChI=1S/C29H32S2/c1-2-3-4-5-6-7-8-9-13-16-26-19-24-21-29-25(22-28(24)30-26)20-27(31-29)18-17-23-14-11-10-12-15-23/h10-12,14-15,19-22H,2-9,13,16H2,1H3. The van der Waals surface area contributed by atoms with Crippen LogP contribution in [0.25, 0.3) is 20.2 Å². The summed E-state index contributed by atoms with van der Waals surface area (Å²) in [5.41, 5.74) is 1.07. The van der Waals surface area contributed by atoms with Crippen molar-refractivity contribution < 1.29 is 0 Å². The molecule has 4 aromatic rings. The lowest BCUT2D eigenvalue weighted by molar-refractivity contribution is 0.565. The minimum atomic E-state index is 1.07. The van der Waals surface area contributed by atoms with Gasteiger partial charge in [0.1, 0.15) is 0 Å². The molecule has 0 spiro atoms. The molecular formula is C29H32S2. The number of fused-ring (bicyclic) bond motifs is 2. The van der Waals surface area contributed by atoms with Gasteiger partial charge in [-0.05, 0) is 60.0 Å². The molecule has 2 heterocycles. The lowest BCUT2D eigenvalue weighted by atomic mass is 10.1. The van der Waals surface area contributed by atoms with Crippen molar-refractivity contribution in [1.29, 1.82) is 0 Å². The molecule has 0 nitrogen and oxygen atoms in total. The van der Waals surface area contributed by atoms with E-state index < -0.39 is 0 Å². The highest BCUT2D eigenvalue weighted by molar-refractivity contribution is 7.21. The molecule has 0 atom stereocenters. The van der Waals surface area contributed by atoms with Gasteiger partial charge in [-0.2, -0.15) is 0 Å². The number of unbranched alkanes of at least 4 members (excludes halogenated alkanes) is 8. The van der Waals surface area contributed by atoms with Crippen LogP contribution in [-0.2, 0) is 6.42 Å². The Kier molecular flexibility index (Phi) is 8.22. The highest BCUT2D eigenvalue weighted by Gasteiger charge is 2.07. The van der Waals surface area contributed by atoms with Gasteiger partial charge in [0, 0.05) is 19.8 Å². The summed E-state index contributed by atoms with van der Waals surface area (Å²) in [5.74, 6) is 6.62. The summed E-state index contributed by atoms with van der Waals surface area (Å²) in [6, 6.07) is 19.6. The van der Waals surface area contributed by atoms with Crippen molar-refractivity contribution in [3.8, 4) is 11.8 Å². The summed E-state index contributed by atoms with van der Waals surface area (Å²) in [6.07, 6.45) is 13.8. The average Bonchev–Trinajstić information content (AvgIpc) is 3.37. The molecular weight excluding hydrogens is 412 g/mol. The summed E-state index contributed by atoms with van der Waals surface area (Å²) in [5, 5.41) is 2.72. The van der Waals surface area contributed by atoms with Crippen LogP contribution >= 0.6 is 22.7 Å². The summed E-state index contributed by atoms with van der Waals surface area (Å²) in [6.45, 7) is 2.29. The van der Waals surface area contributed by atoms with Gasteiger partial charge >= 0.3 is 0 Å². The SMILES string of the molecule is CCCCCCCCCCCc1cc2cc3sc(C#Cc4ccccc4)cc3cc2s1. The Morgan fingerprint density at radius 1 is 0.645 bits per heavy atom. The van der Waals surface area contributed by atoms with Crippen LogP contribution in [0.3, 0.4) is 0 Å². The third-order valence-corrected chi connectivity index (χ3v) is 8.01. The molecule has 160 valence electrons. The first-order valence-corrected chi connectivity index (χ1v) is 13.5. The second-order valence-corrected chi connectivity index (χ2v) is 10.7. The van der Waals surface area contributed by atoms with E-state index in [1.807, 2.05) is 29.5 Å². The Morgan fingerprint density at radius 3 is 2.03 bits per heavy atom. The molecule has 0 aliphatic heterocycles. The Hall–Kier alpha value is -2.08. The first-order chi connectivity index (χ1) is 15.3. The largest absolute Gasteiger partial charge is 0.140 e. The molecule has 0 aliphatic carbocycles. The van der Waals surface area contributed by atoms with Crippen molar-refractivity contribution in [2.45, 2.75) is 71.1 Å². The van der Waals surface area contributed by atoms with Crippen LogP contribution in [0.5, 0.6) is 0 Å². The maximum atomic E-state index is 3.34. The minimum Gasteiger partial charge on any atom is -0.140 e. The number of hydrogen-bond donors (Lipinski definition) is 0. The maximum absolute atomic E-state index is 3.34. The highest BCUT2D eigenvalue weighted by Crippen LogP contribution is 2.34. The van der Waals surface area contributed by atoms with Crippen molar-refractivity contribution in [3.63, 3.8) is 0 Å². The van der Waals surface area contributed by atoms with E-state index in [-0.39, 0.29) is 0 Å². The van der Waals surface area contributed by atoms with Gasteiger partial charge in [-0.15, -0.1) is 22.7 Å². The smallest absolute Gasteiger partial charge is 0.0784 e. The van der Waals surface area contributed by atoms with E-state index in [0.717, 1.165) is 10.4 Å². The van der Waals surface area contributed by atoms with Gasteiger partial charge in [0.2, 0.25) is 0 Å². The Labute approximate surface area is 195 Å². The molecule has 31 heavy (non-hydrogen) atoms. The Bertz CT molecular complexity index is 1100. The lowest BCUT2D eigenvalue weighted by Gasteiger charge is -2.01. The predicted molar refractivity (Wildman–Crippen MR) is 141 cm³/mol. The normalized spacial score (nSPS) is 11.1. The van der Waals surface area contributed by atoms with Crippen molar-refractivity contribution in [1.82, 2.24) is 0 Å². The molecule has 4 rings (SSSR count). The molecule has 2 aromatic heterocycles. The predicted octanol–water partition coefficient (Wildman–Crippen LogP) is 9.59. The highest BCUT2D eigenvalue weighted by atomic mass is 32.1. The fourth-order valence-electron chi connectivity index (χ4n) is 4.08. The zero-order valence-electron chi connectivity index (χ0n) is 18.6. The number of thiophene rings is 2. The number of aryl methyl sites for hydroxylation is 1. The van der Waals surface area contributed by atoms with Crippen LogP contribution < -0.4 is 0 Å². The summed E-state index contributed by atoms with van der Waals surface area (Å²) in [7, 11) is 0. The van der Waals surface area contributed by atoms with E-state index in [2.05, 4.69) is 55.2 Å². The molecule has 2 aromatic carbocycles. The van der Waals surface area contributed by atoms with Crippen LogP contribution in [0, 0.1) is 11.8 Å². The molecule has 0 fully saturated rings. The fraction of sp³-hybridized carbons (Fsp3) is 0.379. The van der Waals surface area contributed by atoms with E-state index in [1.165, 1.54) is 84.4 Å². The number of rotatable bonds is 10. The van der Waals surface area contributed by atoms with Crippen molar-refractivity contribution in [2.24, 2.45) is 0 Å². The molecule has 0 bridgehead atoms. The third-order valence-electron chi connectivity index (χ3n) is 5.84. The summed E-state index contributed by atoms with van der Waals surface area (Å²) >= 11 is 3.78. The Morgan fingerprint density at radius 2 is 1.29 bits per heavy atom. The van der Waals surface area contributed by atoms with E-state index in [4.69, 9.17) is 0 Å². The second kappa shape index (κ2) is 11.5. The van der Waals surface area contributed by atoms with Crippen LogP contribution in [0.1, 0.15) is 80.0 Å². The van der Waals surface area contributed by atoms with Gasteiger partial charge < -0.3 is 0 Å². The summed E-state index contributed by atoms with van der Waals surface area (Å²) < 4.78 is 2.76. The lowest BCUT2D eigenvalue weighted by Crippen LogP contribution is -1.83. The summed E-state index contributed by atoms with van der Waals surface area (Å²) in [4.78, 5) is 2.69. The molecule has 0 saturated carbocycles. The average molecular weight is 445 g/mol. The van der Waals surface area contributed by atoms with Crippen LogP contribution in [0.4, 0.5) is 0 Å². The molecule has 0 aliphatic rings. The van der Waals surface area contributed by atoms with Gasteiger partial charge in [0.25, 0.3) is 0 Å². The molecule has 0 radical (unpaired) electrons. The monoisotopic (exact) mass is 444 g/mol. The molecule has 0 saturated heterocycles. The van der Waals surface area contributed by atoms with Gasteiger partial charge in [-0.3, -0.25) is 0 Å². The first-order valence-electron chi connectivity index (χ1n) is 11.8. The van der Waals surface area contributed by atoms with Crippen molar-refractivity contribution >= 4 is 42.8 Å². The van der Waals surface area contributed by atoms with E-state index >= 15 is 0 Å². The van der Waals surface area contributed by atoms with E-state index in [0.29, 0.717) is 0 Å². The van der Waals surface area contributed by atoms with Gasteiger partial charge in [0.15, 0.2) is 0 Å². The first kappa shape index (κ1) is 22.1. The third kappa shape index (κ3) is 6.45. The maximum Gasteiger partial charge on any atom is 0.0784 e. The van der Waals surface area contributed by atoms with Crippen molar-refractivity contribution in [2.75, 3.05) is 0 Å². The molecule has 0 amide bonds. The van der Waals surface area contributed by atoms with Gasteiger partial charge in [-0.25, -0.2) is 0 Å². The van der Waals surface area contributed by atoms with E-state index in [1.54, 1.807) is 16.2 Å². The fourth-order valence-corrected chi connectivity index (χ4v) is 6.16. The second-order valence-electron chi connectivity index (χ2n) is 8.45. The number of hydrogen-bond acceptors (Lipinski definition) is 2. The van der Waals surface area contributed by atoms with Crippen molar-refractivity contribution in [3.05, 3.63) is 69.9 Å². The Balaban J connectivity index is 1.31. The minimum absolute atomic E-state index is 1.07. The zero-order valence-corrected chi connectivity index (χ0v) is 20.2. The molecule has 0 unspecified atom stereocenters. The van der Waals surface area contributed by atoms with Crippen LogP contribution in [0.15, 0.2) is 54.6 Å². The zero-order chi connectivity index (χ0) is 21.3.